The van der Waals surface area contributed by atoms with Crippen molar-refractivity contribution in [1.82, 2.24) is 24.5 Å². The Morgan fingerprint density at radius 1 is 1.32 bits per heavy atom. The highest BCUT2D eigenvalue weighted by atomic mass is 16.1. The average molecular weight is 255 g/mol. The van der Waals surface area contributed by atoms with Crippen LogP contribution in [0.1, 0.15) is 24.5 Å². The number of hydrogen-bond acceptors (Lipinski definition) is 4. The highest BCUT2D eigenvalue weighted by Crippen LogP contribution is 2.13. The van der Waals surface area contributed by atoms with Crippen LogP contribution in [0.25, 0.3) is 11.0 Å². The molecular weight excluding hydrogens is 242 g/mol. The van der Waals surface area contributed by atoms with Gasteiger partial charge in [0.1, 0.15) is 12.2 Å². The molecule has 3 rings (SSSR count). The van der Waals surface area contributed by atoms with Crippen LogP contribution >= 0.6 is 0 Å². The van der Waals surface area contributed by atoms with Crippen LogP contribution in [0.3, 0.4) is 0 Å². The summed E-state index contributed by atoms with van der Waals surface area (Å²) < 4.78 is 1.56. The summed E-state index contributed by atoms with van der Waals surface area (Å²) in [6.45, 7) is 3.83. The number of aromatic nitrogens is 5. The Balaban J connectivity index is 2.15. The van der Waals surface area contributed by atoms with E-state index in [1.165, 1.54) is 6.33 Å². The number of pyridine rings is 1. The molecule has 3 aromatic rings. The third-order valence-electron chi connectivity index (χ3n) is 3.09. The van der Waals surface area contributed by atoms with Crippen molar-refractivity contribution in [3.05, 3.63) is 52.7 Å². The lowest BCUT2D eigenvalue weighted by molar-refractivity contribution is 0.579. The van der Waals surface area contributed by atoms with E-state index >= 15 is 0 Å². The largest absolute Gasteiger partial charge is 0.344 e. The number of imidazole rings is 1. The van der Waals surface area contributed by atoms with Crippen molar-refractivity contribution >= 4 is 11.0 Å². The van der Waals surface area contributed by atoms with Gasteiger partial charge in [-0.3, -0.25) is 9.36 Å². The van der Waals surface area contributed by atoms with Crippen LogP contribution in [0.15, 0.2) is 35.6 Å². The molecule has 1 atom stereocenters. The lowest BCUT2D eigenvalue weighted by Crippen LogP contribution is -2.25. The lowest BCUT2D eigenvalue weighted by atomic mass is 10.3. The topological polar surface area (TPSA) is 76.5 Å². The highest BCUT2D eigenvalue weighted by Gasteiger charge is 2.14. The van der Waals surface area contributed by atoms with Crippen LogP contribution in [-0.2, 0) is 0 Å². The van der Waals surface area contributed by atoms with E-state index in [1.54, 1.807) is 29.1 Å². The third-order valence-corrected chi connectivity index (χ3v) is 3.09. The molecule has 19 heavy (non-hydrogen) atoms. The molecule has 0 saturated carbocycles. The normalized spacial score (nSPS) is 12.7. The summed E-state index contributed by atoms with van der Waals surface area (Å²) in [7, 11) is 0. The minimum Gasteiger partial charge on any atom is -0.344 e. The van der Waals surface area contributed by atoms with Gasteiger partial charge in [0.2, 0.25) is 0 Å². The van der Waals surface area contributed by atoms with Gasteiger partial charge in [0.05, 0.1) is 11.4 Å². The van der Waals surface area contributed by atoms with Gasteiger partial charge >= 0.3 is 0 Å². The van der Waals surface area contributed by atoms with E-state index < -0.39 is 0 Å². The van der Waals surface area contributed by atoms with Crippen molar-refractivity contribution in [3.63, 3.8) is 0 Å². The standard InChI is InChI=1S/C13H13N5O/c1-8-6-15-11(17-8)9(2)18-7-16-12-10(13(18)19)4-3-5-14-12/h3-7,9H,1-2H3,(H,15,17)/t9-/m1/s1. The molecule has 0 aromatic carbocycles. The number of aromatic amines is 1. The maximum atomic E-state index is 12.4. The summed E-state index contributed by atoms with van der Waals surface area (Å²) in [5.41, 5.74) is 1.32. The van der Waals surface area contributed by atoms with Gasteiger partial charge in [-0.2, -0.15) is 0 Å². The number of H-pyrrole nitrogens is 1. The maximum absolute atomic E-state index is 12.4. The van der Waals surface area contributed by atoms with Gasteiger partial charge in [-0.05, 0) is 26.0 Å². The average Bonchev–Trinajstić information content (AvgIpc) is 2.85. The fourth-order valence-corrected chi connectivity index (χ4v) is 2.03. The summed E-state index contributed by atoms with van der Waals surface area (Å²) in [5, 5.41) is 0.514. The van der Waals surface area contributed by atoms with Crippen molar-refractivity contribution in [3.8, 4) is 0 Å². The minimum absolute atomic E-state index is 0.111. The van der Waals surface area contributed by atoms with Crippen LogP contribution in [0.4, 0.5) is 0 Å². The van der Waals surface area contributed by atoms with Gasteiger partial charge in [-0.1, -0.05) is 0 Å². The monoisotopic (exact) mass is 255 g/mol. The molecule has 0 aliphatic carbocycles. The smallest absolute Gasteiger partial charge is 0.263 e. The molecule has 3 heterocycles. The zero-order chi connectivity index (χ0) is 13.4. The highest BCUT2D eigenvalue weighted by molar-refractivity contribution is 5.72. The second-order valence-electron chi connectivity index (χ2n) is 4.46. The SMILES string of the molecule is Cc1cnc([C@@H](C)n2cnc3ncccc3c2=O)[nH]1. The van der Waals surface area contributed by atoms with Crippen molar-refractivity contribution in [1.29, 1.82) is 0 Å². The number of hydrogen-bond donors (Lipinski definition) is 1. The molecule has 0 spiro atoms. The van der Waals surface area contributed by atoms with E-state index in [2.05, 4.69) is 19.9 Å². The maximum Gasteiger partial charge on any atom is 0.263 e. The van der Waals surface area contributed by atoms with Crippen molar-refractivity contribution in [2.24, 2.45) is 0 Å². The van der Waals surface area contributed by atoms with Crippen LogP contribution < -0.4 is 5.56 Å². The molecule has 6 nitrogen and oxygen atoms in total. The van der Waals surface area contributed by atoms with Crippen LogP contribution in [0.5, 0.6) is 0 Å². The fraction of sp³-hybridized carbons (Fsp3) is 0.231. The van der Waals surface area contributed by atoms with Gasteiger partial charge < -0.3 is 4.98 Å². The Hall–Kier alpha value is -2.50. The molecule has 0 amide bonds. The van der Waals surface area contributed by atoms with E-state index in [1.807, 2.05) is 13.8 Å². The molecule has 0 aliphatic rings. The first kappa shape index (κ1) is 11.6. The van der Waals surface area contributed by atoms with Gasteiger partial charge in [-0.25, -0.2) is 15.0 Å². The second-order valence-corrected chi connectivity index (χ2v) is 4.46. The Labute approximate surface area is 109 Å². The molecule has 96 valence electrons. The van der Waals surface area contributed by atoms with E-state index in [0.29, 0.717) is 11.0 Å². The summed E-state index contributed by atoms with van der Waals surface area (Å²) in [6, 6.07) is 3.27. The number of rotatable bonds is 2. The van der Waals surface area contributed by atoms with Crippen LogP contribution in [0, 0.1) is 6.92 Å². The van der Waals surface area contributed by atoms with E-state index in [0.717, 1.165) is 11.5 Å². The molecule has 1 N–H and O–H groups in total. The van der Waals surface area contributed by atoms with Gasteiger partial charge in [-0.15, -0.1) is 0 Å². The molecule has 0 unspecified atom stereocenters. The van der Waals surface area contributed by atoms with Crippen molar-refractivity contribution < 1.29 is 0 Å². The van der Waals surface area contributed by atoms with Crippen molar-refractivity contribution in [2.75, 3.05) is 0 Å². The quantitative estimate of drug-likeness (QED) is 0.751. The van der Waals surface area contributed by atoms with Crippen LogP contribution in [-0.4, -0.2) is 24.5 Å². The predicted octanol–water partition coefficient (Wildman–Crippen LogP) is 1.43. The Kier molecular flexibility index (Phi) is 2.63. The third kappa shape index (κ3) is 1.91. The van der Waals surface area contributed by atoms with Gasteiger partial charge in [0.25, 0.3) is 5.56 Å². The van der Waals surface area contributed by atoms with Crippen LogP contribution in [0.2, 0.25) is 0 Å². The van der Waals surface area contributed by atoms with E-state index in [-0.39, 0.29) is 11.6 Å². The number of fused-ring (bicyclic) bond motifs is 1. The molecule has 0 saturated heterocycles. The molecule has 3 aromatic heterocycles. The first-order valence-corrected chi connectivity index (χ1v) is 6.00. The molecule has 0 aliphatic heterocycles. The first-order chi connectivity index (χ1) is 9.16. The Morgan fingerprint density at radius 2 is 2.16 bits per heavy atom. The van der Waals surface area contributed by atoms with E-state index in [4.69, 9.17) is 0 Å². The lowest BCUT2D eigenvalue weighted by Gasteiger charge is -2.12. The predicted molar refractivity (Wildman–Crippen MR) is 70.9 cm³/mol. The summed E-state index contributed by atoms with van der Waals surface area (Å²) in [4.78, 5) is 28.1. The number of nitrogens with zero attached hydrogens (tertiary/aromatic N) is 4. The van der Waals surface area contributed by atoms with Gasteiger partial charge in [0, 0.05) is 18.1 Å². The zero-order valence-electron chi connectivity index (χ0n) is 10.7. The summed E-state index contributed by atoms with van der Waals surface area (Å²) in [6.07, 6.45) is 4.88. The molecule has 6 heteroatoms. The Bertz CT molecular complexity index is 789. The Morgan fingerprint density at radius 3 is 2.89 bits per heavy atom. The summed E-state index contributed by atoms with van der Waals surface area (Å²) in [5.74, 6) is 0.740. The molecule has 0 fully saturated rings. The first-order valence-electron chi connectivity index (χ1n) is 6.00. The van der Waals surface area contributed by atoms with E-state index in [9.17, 15) is 4.79 Å². The zero-order valence-corrected chi connectivity index (χ0v) is 10.7. The number of nitrogens with one attached hydrogen (secondary N) is 1. The van der Waals surface area contributed by atoms with Gasteiger partial charge in [0.15, 0.2) is 5.65 Å². The minimum atomic E-state index is -0.196. The molecule has 0 radical (unpaired) electrons. The number of aryl methyl sites for hydroxylation is 1. The second kappa shape index (κ2) is 4.31. The molecular formula is C13H13N5O. The van der Waals surface area contributed by atoms with Crippen molar-refractivity contribution in [2.45, 2.75) is 19.9 Å². The fourth-order valence-electron chi connectivity index (χ4n) is 2.03. The molecule has 0 bridgehead atoms. The summed E-state index contributed by atoms with van der Waals surface area (Å²) >= 11 is 0.